The van der Waals surface area contributed by atoms with Gasteiger partial charge in [0.1, 0.15) is 0 Å². The quantitative estimate of drug-likeness (QED) is 0.125. The summed E-state index contributed by atoms with van der Waals surface area (Å²) in [5, 5.41) is 44.3. The monoisotopic (exact) mass is 778 g/mol. The topological polar surface area (TPSA) is 539 Å². The van der Waals surface area contributed by atoms with Gasteiger partial charge in [0.05, 0.1) is 0 Å². The summed E-state index contributed by atoms with van der Waals surface area (Å²) in [5.41, 5.74) is 0. The van der Waals surface area contributed by atoms with Crippen molar-refractivity contribution in [3.63, 3.8) is 0 Å². The zero-order chi connectivity index (χ0) is 15.5. The predicted molar refractivity (Wildman–Crippen MR) is 82.0 cm³/mol. The third-order valence-corrected chi connectivity index (χ3v) is 0.549. The third kappa shape index (κ3) is 151. The summed E-state index contributed by atoms with van der Waals surface area (Å²) in [6.07, 6.45) is 0. The van der Waals surface area contributed by atoms with Crippen LogP contribution in [0.1, 0.15) is 0 Å². The Bertz CT molecular complexity index is 287. The molecule has 0 radical (unpaired) electrons. The van der Waals surface area contributed by atoms with Crippen LogP contribution in [0.2, 0.25) is 0 Å². The third-order valence-electron chi connectivity index (χ3n) is 0.549. The Morgan fingerprint density at radius 1 is 0.267 bits per heavy atom. The molecule has 0 aliphatic heterocycles. The van der Waals surface area contributed by atoms with Gasteiger partial charge in [-0.25, -0.2) is 28.8 Å². The van der Waals surface area contributed by atoms with Gasteiger partial charge in [0.25, 0.3) is 0 Å². The standard InChI is InChI=1S/3C2H2O4.2Dy.10H2O/c3*3-1(4)2(5)6;;;;;;;;;;;;/h3*(H,3,4)(H,5,6);;;10*1H2. The summed E-state index contributed by atoms with van der Waals surface area (Å²) >= 11 is 0. The Morgan fingerprint density at radius 3 is 0.300 bits per heavy atom. The van der Waals surface area contributed by atoms with Crippen LogP contribution in [0.15, 0.2) is 0 Å². The smallest absolute Gasteiger partial charge is 0.414 e. The molecule has 0 spiro atoms. The molecule has 0 saturated carbocycles. The maximum absolute atomic E-state index is 9.10. The van der Waals surface area contributed by atoms with E-state index in [1.807, 2.05) is 0 Å². The SMILES string of the molecule is O.O.O.O.O.O.O.O.O.O.O=C(O)C(=O)O.O=C(O)C(=O)O.O=C(O)C(=O)O.[Dy].[Dy]. The maximum atomic E-state index is 9.10. The van der Waals surface area contributed by atoms with Crippen molar-refractivity contribution >= 4 is 35.8 Å². The molecule has 0 aliphatic carbocycles. The fraction of sp³-hybridized carbons (Fsp3) is 0. The molecule has 0 aliphatic rings. The van der Waals surface area contributed by atoms with Gasteiger partial charge in [0.15, 0.2) is 0 Å². The van der Waals surface area contributed by atoms with Crippen LogP contribution in [0.3, 0.4) is 0 Å². The first-order valence-corrected chi connectivity index (χ1v) is 3.32. The second-order valence-electron chi connectivity index (χ2n) is 1.83. The van der Waals surface area contributed by atoms with E-state index < -0.39 is 35.8 Å². The Morgan fingerprint density at radius 2 is 0.300 bits per heavy atom. The molecule has 30 heavy (non-hydrogen) atoms. The first-order valence-electron chi connectivity index (χ1n) is 3.32. The van der Waals surface area contributed by atoms with E-state index in [-0.39, 0.29) is 131 Å². The van der Waals surface area contributed by atoms with Crippen LogP contribution < -0.4 is 0 Å². The van der Waals surface area contributed by atoms with Crippen LogP contribution in [-0.2, 0) is 28.8 Å². The molecule has 0 heterocycles. The van der Waals surface area contributed by atoms with Crippen molar-refractivity contribution in [2.45, 2.75) is 0 Å². The van der Waals surface area contributed by atoms with E-state index in [1.54, 1.807) is 0 Å². The average molecular weight is 775 g/mol. The zero-order valence-corrected chi connectivity index (χ0v) is 17.8. The van der Waals surface area contributed by atoms with Gasteiger partial charge in [0.2, 0.25) is 0 Å². The van der Waals surface area contributed by atoms with E-state index >= 15 is 0 Å². The minimum absolute atomic E-state index is 0. The van der Waals surface area contributed by atoms with E-state index in [4.69, 9.17) is 59.4 Å². The number of hydrogen-bond acceptors (Lipinski definition) is 6. The number of carbonyl (C=O) groups is 6. The van der Waals surface area contributed by atoms with Gasteiger partial charge >= 0.3 is 35.8 Å². The fourth-order valence-corrected chi connectivity index (χ4v) is 0. The zero-order valence-electron chi connectivity index (χ0n) is 13.8. The van der Waals surface area contributed by atoms with Crippen molar-refractivity contribution in [2.75, 3.05) is 0 Å². The van der Waals surface area contributed by atoms with E-state index in [0.717, 1.165) is 0 Å². The molecule has 0 saturated heterocycles. The Labute approximate surface area is 224 Å². The number of rotatable bonds is 0. The van der Waals surface area contributed by atoms with Crippen molar-refractivity contribution in [3.8, 4) is 0 Å². The molecule has 0 aromatic rings. The summed E-state index contributed by atoms with van der Waals surface area (Å²) in [7, 11) is 0. The Balaban J connectivity index is -0.00000000721. The summed E-state index contributed by atoms with van der Waals surface area (Å²) in [4.78, 5) is 54.6. The normalized spacial score (nSPS) is 4.40. The van der Waals surface area contributed by atoms with Gasteiger partial charge in [-0.15, -0.1) is 0 Å². The summed E-state index contributed by atoms with van der Waals surface area (Å²) < 4.78 is 0. The van der Waals surface area contributed by atoms with Gasteiger partial charge in [-0.05, 0) is 0 Å². The molecule has 0 bridgehead atoms. The van der Waals surface area contributed by atoms with Crippen LogP contribution in [0.5, 0.6) is 0 Å². The second-order valence-corrected chi connectivity index (χ2v) is 1.83. The number of hydrogen-bond donors (Lipinski definition) is 6. The van der Waals surface area contributed by atoms with Crippen molar-refractivity contribution in [1.29, 1.82) is 0 Å². The molecule has 0 atom stereocenters. The van der Waals surface area contributed by atoms with Crippen molar-refractivity contribution in [1.82, 2.24) is 0 Å². The van der Waals surface area contributed by atoms with Crippen LogP contribution in [0, 0.1) is 76.3 Å². The summed E-state index contributed by atoms with van der Waals surface area (Å²) in [5.74, 6) is -10.9. The maximum Gasteiger partial charge on any atom is 0.414 e. The molecule has 0 unspecified atom stereocenters. The molecular formula is C6H26Dy2O22. The van der Waals surface area contributed by atoms with Gasteiger partial charge in [0, 0.05) is 76.3 Å². The summed E-state index contributed by atoms with van der Waals surface area (Å²) in [6, 6.07) is 0. The molecule has 202 valence electrons. The van der Waals surface area contributed by atoms with Gasteiger partial charge in [-0.3, -0.25) is 0 Å². The first kappa shape index (κ1) is 116. The van der Waals surface area contributed by atoms with Crippen molar-refractivity contribution in [3.05, 3.63) is 0 Å². The molecule has 0 fully saturated rings. The molecular weight excluding hydrogens is 749 g/mol. The number of carboxylic acids is 6. The van der Waals surface area contributed by atoms with E-state index in [0.29, 0.717) is 0 Å². The molecule has 0 aromatic carbocycles. The van der Waals surface area contributed by atoms with Gasteiger partial charge in [-0.2, -0.15) is 0 Å². The predicted octanol–water partition coefficient (Wildman–Crippen LogP) is -10.8. The summed E-state index contributed by atoms with van der Waals surface area (Å²) in [6.45, 7) is 0. The molecule has 26 N–H and O–H groups in total. The molecule has 0 rings (SSSR count). The minimum atomic E-state index is -1.82. The van der Waals surface area contributed by atoms with E-state index in [1.165, 1.54) is 0 Å². The number of carboxylic acid groups (broad SMARTS) is 6. The molecule has 24 heteroatoms. The molecule has 0 amide bonds. The van der Waals surface area contributed by atoms with Crippen LogP contribution in [-0.4, -0.2) is 121 Å². The van der Waals surface area contributed by atoms with E-state index in [9.17, 15) is 0 Å². The van der Waals surface area contributed by atoms with E-state index in [2.05, 4.69) is 0 Å². The Kier molecular flexibility index (Phi) is 274. The largest absolute Gasteiger partial charge is 0.473 e. The average Bonchev–Trinajstić information content (AvgIpc) is 2.18. The number of aliphatic carboxylic acids is 6. The van der Waals surface area contributed by atoms with Crippen molar-refractivity contribution in [2.24, 2.45) is 0 Å². The van der Waals surface area contributed by atoms with Crippen LogP contribution in [0.4, 0.5) is 0 Å². The van der Waals surface area contributed by atoms with Gasteiger partial charge in [-0.1, -0.05) is 0 Å². The minimum Gasteiger partial charge on any atom is -0.473 e. The second kappa shape index (κ2) is 70.6. The first-order chi connectivity index (χ1) is 7.93. The molecule has 22 nitrogen and oxygen atoms in total. The van der Waals surface area contributed by atoms with Crippen LogP contribution >= 0.6 is 0 Å². The van der Waals surface area contributed by atoms with Gasteiger partial charge < -0.3 is 85.4 Å². The Hall–Kier alpha value is -1.03. The van der Waals surface area contributed by atoms with Crippen LogP contribution in [0.25, 0.3) is 0 Å². The van der Waals surface area contributed by atoms with Crippen molar-refractivity contribution < 1.29 is 191 Å². The fourth-order valence-electron chi connectivity index (χ4n) is 0. The molecule has 0 aromatic heterocycles.